The van der Waals surface area contributed by atoms with E-state index in [0.717, 1.165) is 17.0 Å². The molecule has 2 N–H and O–H groups in total. The number of hydrogen-bond donors (Lipinski definition) is 2. The van der Waals surface area contributed by atoms with Crippen molar-refractivity contribution in [2.45, 2.75) is 0 Å². The maximum Gasteiger partial charge on any atom is 0.270 e. The van der Waals surface area contributed by atoms with Gasteiger partial charge in [0.25, 0.3) is 5.91 Å². The third-order valence-electron chi connectivity index (χ3n) is 2.91. The molecule has 0 fully saturated rings. The molecule has 1 amide bonds. The van der Waals surface area contributed by atoms with E-state index in [1.54, 1.807) is 6.07 Å². The van der Waals surface area contributed by atoms with Crippen LogP contribution in [0.4, 0.5) is 0 Å². The van der Waals surface area contributed by atoms with Crippen LogP contribution in [0.3, 0.4) is 0 Å². The number of carbonyl (C=O) groups excluding carboxylic acids is 1. The fourth-order valence-electron chi connectivity index (χ4n) is 1.94. The molecule has 118 valence electrons. The Balaban J connectivity index is 2.11. The average Bonchev–Trinajstić information content (AvgIpc) is 2.49. The van der Waals surface area contributed by atoms with Gasteiger partial charge in [-0.2, -0.15) is 0 Å². The molecule has 22 heavy (non-hydrogen) atoms. The van der Waals surface area contributed by atoms with Gasteiger partial charge < -0.3 is 10.1 Å². The lowest BCUT2D eigenvalue weighted by atomic mass is 10.1. The molecule has 0 aliphatic rings. The van der Waals surface area contributed by atoms with Crippen molar-refractivity contribution in [2.24, 2.45) is 0 Å². The largest absolute Gasteiger partial charge is 0.481 e. The van der Waals surface area contributed by atoms with Crippen LogP contribution in [0.5, 0.6) is 5.88 Å². The molecular weight excluding hydrogens is 306 g/mol. The third kappa shape index (κ3) is 4.15. The smallest absolute Gasteiger partial charge is 0.270 e. The molecule has 0 saturated heterocycles. The molecule has 2 rings (SSSR count). The van der Waals surface area contributed by atoms with Gasteiger partial charge in [-0.25, -0.2) is 18.1 Å². The summed E-state index contributed by atoms with van der Waals surface area (Å²) in [5.41, 5.74) is 0.218. The highest BCUT2D eigenvalue weighted by Crippen LogP contribution is 2.23. The Labute approximate surface area is 128 Å². The van der Waals surface area contributed by atoms with Crippen molar-refractivity contribution in [3.05, 3.63) is 36.0 Å². The van der Waals surface area contributed by atoms with E-state index < -0.39 is 10.0 Å². The summed E-state index contributed by atoms with van der Waals surface area (Å²) in [5.74, 6) is -0.0168. The number of aromatic nitrogens is 1. The number of pyridine rings is 1. The number of fused-ring (bicyclic) bond motifs is 1. The molecule has 0 spiro atoms. The van der Waals surface area contributed by atoms with Crippen LogP contribution < -0.4 is 14.8 Å². The van der Waals surface area contributed by atoms with Gasteiger partial charge in [-0.15, -0.1) is 0 Å². The van der Waals surface area contributed by atoms with E-state index in [4.69, 9.17) is 4.74 Å². The summed E-state index contributed by atoms with van der Waals surface area (Å²) < 4.78 is 29.3. The zero-order valence-electron chi connectivity index (χ0n) is 12.3. The first-order valence-electron chi connectivity index (χ1n) is 6.57. The number of nitrogens with zero attached hydrogens (tertiary/aromatic N) is 1. The van der Waals surface area contributed by atoms with Gasteiger partial charge in [0.1, 0.15) is 5.69 Å². The van der Waals surface area contributed by atoms with Crippen molar-refractivity contribution < 1.29 is 17.9 Å². The zero-order chi connectivity index (χ0) is 16.2. The van der Waals surface area contributed by atoms with Gasteiger partial charge in [0.2, 0.25) is 15.9 Å². The highest BCUT2D eigenvalue weighted by molar-refractivity contribution is 7.88. The van der Waals surface area contributed by atoms with Crippen LogP contribution >= 0.6 is 0 Å². The van der Waals surface area contributed by atoms with Crippen LogP contribution in [0.25, 0.3) is 10.8 Å². The van der Waals surface area contributed by atoms with E-state index in [1.807, 2.05) is 24.3 Å². The zero-order valence-corrected chi connectivity index (χ0v) is 13.1. The summed E-state index contributed by atoms with van der Waals surface area (Å²) >= 11 is 0. The Bertz CT molecular complexity index is 790. The molecule has 0 saturated carbocycles. The molecule has 2 aromatic rings. The second-order valence-corrected chi connectivity index (χ2v) is 6.49. The number of methoxy groups -OCH3 is 1. The lowest BCUT2D eigenvalue weighted by Gasteiger charge is -2.09. The minimum Gasteiger partial charge on any atom is -0.481 e. The highest BCUT2D eigenvalue weighted by Gasteiger charge is 2.12. The SMILES string of the molecule is COc1nc(C(=O)NCCNS(C)(=O)=O)cc2ccccc12. The van der Waals surface area contributed by atoms with Crippen LogP contribution in [0.15, 0.2) is 30.3 Å². The van der Waals surface area contributed by atoms with Crippen LogP contribution in [0.1, 0.15) is 10.5 Å². The van der Waals surface area contributed by atoms with E-state index in [-0.39, 0.29) is 24.7 Å². The number of benzene rings is 1. The molecule has 1 heterocycles. The Morgan fingerprint density at radius 1 is 1.27 bits per heavy atom. The fraction of sp³-hybridized carbons (Fsp3) is 0.286. The molecule has 0 aliphatic carbocycles. The molecular formula is C14H17N3O4S. The monoisotopic (exact) mass is 323 g/mol. The van der Waals surface area contributed by atoms with Gasteiger partial charge in [-0.1, -0.05) is 18.2 Å². The number of sulfonamides is 1. The second-order valence-electron chi connectivity index (χ2n) is 4.66. The molecule has 8 heteroatoms. The first-order valence-corrected chi connectivity index (χ1v) is 8.46. The summed E-state index contributed by atoms with van der Waals surface area (Å²) in [7, 11) is -1.77. The normalized spacial score (nSPS) is 11.4. The number of nitrogens with one attached hydrogen (secondary N) is 2. The van der Waals surface area contributed by atoms with Gasteiger partial charge in [0, 0.05) is 18.5 Å². The minimum atomic E-state index is -3.26. The van der Waals surface area contributed by atoms with Crippen molar-refractivity contribution >= 4 is 26.7 Å². The number of rotatable bonds is 6. The maximum atomic E-state index is 12.1. The summed E-state index contributed by atoms with van der Waals surface area (Å²) in [6.45, 7) is 0.290. The fourth-order valence-corrected chi connectivity index (χ4v) is 2.41. The molecule has 0 aliphatic heterocycles. The Morgan fingerprint density at radius 2 is 2.00 bits per heavy atom. The van der Waals surface area contributed by atoms with Gasteiger partial charge in [0.15, 0.2) is 0 Å². The van der Waals surface area contributed by atoms with E-state index in [9.17, 15) is 13.2 Å². The standard InChI is InChI=1S/C14H17N3O4S/c1-21-14-11-6-4-3-5-10(11)9-12(17-14)13(18)15-7-8-16-22(2,19)20/h3-6,9,16H,7-8H2,1-2H3,(H,15,18). The summed E-state index contributed by atoms with van der Waals surface area (Å²) in [6.07, 6.45) is 1.06. The molecule has 0 atom stereocenters. The van der Waals surface area contributed by atoms with Crippen molar-refractivity contribution in [2.75, 3.05) is 26.5 Å². The van der Waals surface area contributed by atoms with E-state index in [0.29, 0.717) is 5.88 Å². The summed E-state index contributed by atoms with van der Waals surface area (Å²) in [5, 5.41) is 4.26. The average molecular weight is 323 g/mol. The van der Waals surface area contributed by atoms with Crippen LogP contribution in [-0.4, -0.2) is 45.8 Å². The van der Waals surface area contributed by atoms with Crippen LogP contribution in [-0.2, 0) is 10.0 Å². The highest BCUT2D eigenvalue weighted by atomic mass is 32.2. The first kappa shape index (κ1) is 16.2. The number of hydrogen-bond acceptors (Lipinski definition) is 5. The molecule has 1 aromatic carbocycles. The molecule has 0 unspecified atom stereocenters. The second kappa shape index (κ2) is 6.71. The minimum absolute atomic E-state index is 0.120. The van der Waals surface area contributed by atoms with Gasteiger partial charge in [-0.05, 0) is 17.5 Å². The summed E-state index contributed by atoms with van der Waals surface area (Å²) in [6, 6.07) is 9.11. The van der Waals surface area contributed by atoms with E-state index in [1.165, 1.54) is 7.11 Å². The molecule has 1 aromatic heterocycles. The Morgan fingerprint density at radius 3 is 2.68 bits per heavy atom. The Hall–Kier alpha value is -2.19. The maximum absolute atomic E-state index is 12.1. The molecule has 0 radical (unpaired) electrons. The van der Waals surface area contributed by atoms with Crippen LogP contribution in [0, 0.1) is 0 Å². The van der Waals surface area contributed by atoms with Crippen molar-refractivity contribution in [3.63, 3.8) is 0 Å². The quantitative estimate of drug-likeness (QED) is 0.756. The molecule has 0 bridgehead atoms. The summed E-state index contributed by atoms with van der Waals surface area (Å²) in [4.78, 5) is 16.2. The topological polar surface area (TPSA) is 97.4 Å². The lowest BCUT2D eigenvalue weighted by Crippen LogP contribution is -2.34. The van der Waals surface area contributed by atoms with Gasteiger partial charge >= 0.3 is 0 Å². The lowest BCUT2D eigenvalue weighted by molar-refractivity contribution is 0.0948. The van der Waals surface area contributed by atoms with Gasteiger partial charge in [-0.3, -0.25) is 4.79 Å². The van der Waals surface area contributed by atoms with Crippen molar-refractivity contribution in [1.29, 1.82) is 0 Å². The van der Waals surface area contributed by atoms with Gasteiger partial charge in [0.05, 0.1) is 13.4 Å². The van der Waals surface area contributed by atoms with E-state index >= 15 is 0 Å². The number of amides is 1. The number of ether oxygens (including phenoxy) is 1. The first-order chi connectivity index (χ1) is 10.4. The molecule has 7 nitrogen and oxygen atoms in total. The predicted molar refractivity (Wildman–Crippen MR) is 83.5 cm³/mol. The predicted octanol–water partition coefficient (Wildman–Crippen LogP) is 0.522. The van der Waals surface area contributed by atoms with Crippen LogP contribution in [0.2, 0.25) is 0 Å². The van der Waals surface area contributed by atoms with Crippen molar-refractivity contribution in [3.8, 4) is 5.88 Å². The Kier molecular flexibility index (Phi) is 4.94. The number of carbonyl (C=O) groups is 1. The van der Waals surface area contributed by atoms with E-state index in [2.05, 4.69) is 15.0 Å². The third-order valence-corrected chi connectivity index (χ3v) is 3.63. The van der Waals surface area contributed by atoms with Crippen molar-refractivity contribution in [1.82, 2.24) is 15.0 Å².